The number of nitrogens with zero attached hydrogens (tertiary/aromatic N) is 4. The number of carbonyl (C=O) groups is 2. The van der Waals surface area contributed by atoms with E-state index < -0.39 is 17.8 Å². The average molecular weight is 398 g/mol. The molecule has 1 saturated heterocycles. The topological polar surface area (TPSA) is 111 Å². The molecule has 29 heavy (non-hydrogen) atoms. The second-order valence-electron chi connectivity index (χ2n) is 7.69. The number of nitrogens with one attached hydrogen (secondary N) is 2. The van der Waals surface area contributed by atoms with Crippen LogP contribution in [0.2, 0.25) is 0 Å². The number of para-hydroxylation sites is 2. The van der Waals surface area contributed by atoms with Gasteiger partial charge in [-0.05, 0) is 26.0 Å². The molecule has 9 heteroatoms. The van der Waals surface area contributed by atoms with Crippen LogP contribution >= 0.6 is 0 Å². The molecule has 3 rings (SSSR count). The monoisotopic (exact) mass is 398 g/mol. The molecule has 0 unspecified atom stereocenters. The van der Waals surface area contributed by atoms with Crippen LogP contribution in [-0.2, 0) is 4.79 Å². The number of hydrogen-bond acceptors (Lipinski definition) is 6. The van der Waals surface area contributed by atoms with E-state index in [1.807, 2.05) is 38.1 Å². The molecule has 1 aromatic carbocycles. The van der Waals surface area contributed by atoms with Gasteiger partial charge in [-0.1, -0.05) is 12.1 Å². The fourth-order valence-corrected chi connectivity index (χ4v) is 3.12. The SMILES string of the molecule is CC(C)(CNC(=O)c1cnc2ccccc2n1)NCC(=O)N1C[C@@H](F)C[C@H]1C#N. The van der Waals surface area contributed by atoms with Crippen LogP contribution in [0.3, 0.4) is 0 Å². The van der Waals surface area contributed by atoms with E-state index in [2.05, 4.69) is 20.6 Å². The van der Waals surface area contributed by atoms with Crippen molar-refractivity contribution in [2.75, 3.05) is 19.6 Å². The number of likely N-dealkylation sites (tertiary alicyclic amines) is 1. The number of fused-ring (bicyclic) bond motifs is 1. The molecule has 2 atom stereocenters. The number of nitriles is 1. The van der Waals surface area contributed by atoms with E-state index in [4.69, 9.17) is 5.26 Å². The summed E-state index contributed by atoms with van der Waals surface area (Å²) < 4.78 is 13.5. The lowest BCUT2D eigenvalue weighted by Crippen LogP contribution is -2.53. The number of aromatic nitrogens is 2. The standard InChI is InChI=1S/C20H23FN6O2/c1-20(2,25-10-18(28)27-11-13(21)7-14(27)8-22)12-24-19(29)17-9-23-15-5-3-4-6-16(15)26-17/h3-6,9,13-14,25H,7,10-12H2,1-2H3,(H,24,29)/t13-,14-/m0/s1. The maximum Gasteiger partial charge on any atom is 0.271 e. The van der Waals surface area contributed by atoms with Crippen LogP contribution in [-0.4, -0.2) is 64.1 Å². The molecule has 0 bridgehead atoms. The first kappa shape index (κ1) is 20.6. The Morgan fingerprint density at radius 3 is 2.79 bits per heavy atom. The van der Waals surface area contributed by atoms with Gasteiger partial charge in [0.15, 0.2) is 0 Å². The molecule has 0 radical (unpaired) electrons. The quantitative estimate of drug-likeness (QED) is 0.756. The molecular formula is C20H23FN6O2. The van der Waals surface area contributed by atoms with Gasteiger partial charge in [-0.3, -0.25) is 14.6 Å². The van der Waals surface area contributed by atoms with Crippen molar-refractivity contribution < 1.29 is 14.0 Å². The summed E-state index contributed by atoms with van der Waals surface area (Å²) in [6, 6.07) is 8.50. The summed E-state index contributed by atoms with van der Waals surface area (Å²) in [7, 11) is 0. The lowest BCUT2D eigenvalue weighted by molar-refractivity contribution is -0.130. The number of benzene rings is 1. The zero-order valence-corrected chi connectivity index (χ0v) is 16.4. The van der Waals surface area contributed by atoms with Crippen molar-refractivity contribution in [3.63, 3.8) is 0 Å². The van der Waals surface area contributed by atoms with Crippen LogP contribution in [0.15, 0.2) is 30.5 Å². The second kappa shape index (κ2) is 8.49. The molecule has 1 aliphatic heterocycles. The van der Waals surface area contributed by atoms with E-state index in [1.54, 1.807) is 6.07 Å². The third-order valence-corrected chi connectivity index (χ3v) is 4.81. The maximum atomic E-state index is 13.5. The van der Waals surface area contributed by atoms with Gasteiger partial charge in [-0.15, -0.1) is 0 Å². The molecule has 2 N–H and O–H groups in total. The molecule has 1 aromatic heterocycles. The fourth-order valence-electron chi connectivity index (χ4n) is 3.12. The van der Waals surface area contributed by atoms with Crippen LogP contribution in [0, 0.1) is 11.3 Å². The number of rotatable bonds is 6. The van der Waals surface area contributed by atoms with Crippen molar-refractivity contribution in [3.8, 4) is 6.07 Å². The molecule has 152 valence electrons. The van der Waals surface area contributed by atoms with E-state index in [9.17, 15) is 14.0 Å². The summed E-state index contributed by atoms with van der Waals surface area (Å²) in [4.78, 5) is 34.5. The van der Waals surface area contributed by atoms with Gasteiger partial charge in [-0.2, -0.15) is 5.26 Å². The zero-order chi connectivity index (χ0) is 21.0. The van der Waals surface area contributed by atoms with Crippen molar-refractivity contribution in [3.05, 3.63) is 36.2 Å². The Labute approximate surface area is 168 Å². The third-order valence-electron chi connectivity index (χ3n) is 4.81. The highest BCUT2D eigenvalue weighted by atomic mass is 19.1. The Morgan fingerprint density at radius 2 is 2.07 bits per heavy atom. The second-order valence-corrected chi connectivity index (χ2v) is 7.69. The number of halogens is 1. The summed E-state index contributed by atoms with van der Waals surface area (Å²) in [6.07, 6.45) is 0.303. The van der Waals surface area contributed by atoms with Gasteiger partial charge in [0, 0.05) is 18.5 Å². The Kier molecular flexibility index (Phi) is 6.03. The normalized spacial score (nSPS) is 19.2. The van der Waals surface area contributed by atoms with E-state index in [0.29, 0.717) is 11.0 Å². The molecule has 0 spiro atoms. The summed E-state index contributed by atoms with van der Waals surface area (Å²) in [5.41, 5.74) is 0.940. The summed E-state index contributed by atoms with van der Waals surface area (Å²) in [5, 5.41) is 14.9. The third kappa shape index (κ3) is 5.03. The van der Waals surface area contributed by atoms with Crippen molar-refractivity contribution in [2.24, 2.45) is 0 Å². The van der Waals surface area contributed by atoms with Gasteiger partial charge < -0.3 is 15.5 Å². The predicted octanol–water partition coefficient (Wildman–Crippen LogP) is 1.19. The van der Waals surface area contributed by atoms with E-state index in [-0.39, 0.29) is 43.6 Å². The summed E-state index contributed by atoms with van der Waals surface area (Å²) in [6.45, 7) is 3.79. The molecule has 2 heterocycles. The molecule has 1 fully saturated rings. The minimum absolute atomic E-state index is 0.0501. The molecule has 2 amide bonds. The summed E-state index contributed by atoms with van der Waals surface area (Å²) in [5.74, 6) is -0.703. The lowest BCUT2D eigenvalue weighted by Gasteiger charge is -2.28. The van der Waals surface area contributed by atoms with Crippen LogP contribution < -0.4 is 10.6 Å². The highest BCUT2D eigenvalue weighted by Gasteiger charge is 2.35. The number of amides is 2. The highest BCUT2D eigenvalue weighted by Crippen LogP contribution is 2.19. The van der Waals surface area contributed by atoms with Crippen molar-refractivity contribution in [2.45, 2.75) is 38.0 Å². The van der Waals surface area contributed by atoms with Gasteiger partial charge in [-0.25, -0.2) is 9.37 Å². The van der Waals surface area contributed by atoms with Gasteiger partial charge in [0.2, 0.25) is 5.91 Å². The average Bonchev–Trinajstić information content (AvgIpc) is 3.11. The van der Waals surface area contributed by atoms with Gasteiger partial charge in [0.1, 0.15) is 17.9 Å². The maximum absolute atomic E-state index is 13.5. The molecule has 2 aromatic rings. The van der Waals surface area contributed by atoms with Crippen molar-refractivity contribution >= 4 is 22.8 Å². The Bertz CT molecular complexity index is 957. The largest absolute Gasteiger partial charge is 0.349 e. The van der Waals surface area contributed by atoms with Crippen molar-refractivity contribution in [1.29, 1.82) is 5.26 Å². The van der Waals surface area contributed by atoms with Crippen LogP contribution in [0.5, 0.6) is 0 Å². The van der Waals surface area contributed by atoms with Gasteiger partial charge in [0.25, 0.3) is 5.91 Å². The molecule has 1 aliphatic rings. The molecule has 8 nitrogen and oxygen atoms in total. The van der Waals surface area contributed by atoms with Crippen molar-refractivity contribution in [1.82, 2.24) is 25.5 Å². The van der Waals surface area contributed by atoms with E-state index in [0.717, 1.165) is 0 Å². The minimum Gasteiger partial charge on any atom is -0.349 e. The minimum atomic E-state index is -1.17. The lowest BCUT2D eigenvalue weighted by atomic mass is 10.1. The Hall–Kier alpha value is -3.12. The van der Waals surface area contributed by atoms with Crippen LogP contribution in [0.4, 0.5) is 4.39 Å². The number of alkyl halides is 1. The number of carbonyl (C=O) groups excluding carboxylic acids is 2. The predicted molar refractivity (Wildman–Crippen MR) is 105 cm³/mol. The highest BCUT2D eigenvalue weighted by molar-refractivity contribution is 5.93. The molecule has 0 saturated carbocycles. The molecule has 0 aliphatic carbocycles. The first-order valence-corrected chi connectivity index (χ1v) is 9.37. The zero-order valence-electron chi connectivity index (χ0n) is 16.4. The smallest absolute Gasteiger partial charge is 0.271 e. The number of hydrogen-bond donors (Lipinski definition) is 2. The van der Waals surface area contributed by atoms with E-state index >= 15 is 0 Å². The van der Waals surface area contributed by atoms with Gasteiger partial charge >= 0.3 is 0 Å². The van der Waals surface area contributed by atoms with E-state index in [1.165, 1.54) is 11.1 Å². The van der Waals surface area contributed by atoms with Gasteiger partial charge in [0.05, 0.1) is 36.4 Å². The Morgan fingerprint density at radius 1 is 1.34 bits per heavy atom. The first-order valence-electron chi connectivity index (χ1n) is 9.37. The first-order chi connectivity index (χ1) is 13.8. The molecular weight excluding hydrogens is 375 g/mol. The van der Waals surface area contributed by atoms with Crippen LogP contribution in [0.1, 0.15) is 30.8 Å². The fraction of sp³-hybridized carbons (Fsp3) is 0.450. The Balaban J connectivity index is 1.53. The van der Waals surface area contributed by atoms with Crippen LogP contribution in [0.25, 0.3) is 11.0 Å². The summed E-state index contributed by atoms with van der Waals surface area (Å²) >= 11 is 0.